The van der Waals surface area contributed by atoms with Gasteiger partial charge in [0.1, 0.15) is 0 Å². The molecule has 2 amide bonds. The Morgan fingerprint density at radius 3 is 3.00 bits per heavy atom. The van der Waals surface area contributed by atoms with Gasteiger partial charge in [-0.15, -0.1) is 0 Å². The highest BCUT2D eigenvalue weighted by atomic mass is 16.2. The largest absolute Gasteiger partial charge is 0.352 e. The van der Waals surface area contributed by atoms with Gasteiger partial charge in [0.15, 0.2) is 0 Å². The second-order valence-corrected chi connectivity index (χ2v) is 5.49. The summed E-state index contributed by atoms with van der Waals surface area (Å²) in [6, 6.07) is 0.136. The Hall–Kier alpha value is -1.10. The molecule has 2 saturated heterocycles. The van der Waals surface area contributed by atoms with Gasteiger partial charge in [0.05, 0.1) is 0 Å². The first kappa shape index (κ1) is 13.3. The van der Waals surface area contributed by atoms with Crippen LogP contribution in [0.3, 0.4) is 0 Å². The first-order valence-electron chi connectivity index (χ1n) is 6.89. The van der Waals surface area contributed by atoms with Crippen molar-refractivity contribution in [2.75, 3.05) is 26.7 Å². The summed E-state index contributed by atoms with van der Waals surface area (Å²) in [7, 11) is 1.80. The van der Waals surface area contributed by atoms with E-state index in [1.807, 2.05) is 0 Å². The summed E-state index contributed by atoms with van der Waals surface area (Å²) in [5.41, 5.74) is 0. The number of amides is 2. The lowest BCUT2D eigenvalue weighted by molar-refractivity contribution is -0.134. The summed E-state index contributed by atoms with van der Waals surface area (Å²) in [6.45, 7) is 2.68. The zero-order valence-electron chi connectivity index (χ0n) is 11.1. The number of hydrogen-bond acceptors (Lipinski definition) is 3. The predicted octanol–water partition coefficient (Wildman–Crippen LogP) is 0.113. The molecule has 18 heavy (non-hydrogen) atoms. The quantitative estimate of drug-likeness (QED) is 0.750. The van der Waals surface area contributed by atoms with Crippen molar-refractivity contribution in [2.45, 2.75) is 38.1 Å². The lowest BCUT2D eigenvalue weighted by atomic mass is 9.95. The van der Waals surface area contributed by atoms with E-state index in [-0.39, 0.29) is 17.9 Å². The number of likely N-dealkylation sites (N-methyl/N-ethyl adjacent to an activating group) is 1. The van der Waals surface area contributed by atoms with Crippen LogP contribution in [-0.4, -0.2) is 49.4 Å². The summed E-state index contributed by atoms with van der Waals surface area (Å²) in [5.74, 6) is 0.787. The smallest absolute Gasteiger partial charge is 0.222 e. The first-order chi connectivity index (χ1) is 8.65. The number of hydrogen-bond donors (Lipinski definition) is 2. The van der Waals surface area contributed by atoms with Crippen LogP contribution in [0, 0.1) is 5.92 Å². The van der Waals surface area contributed by atoms with Gasteiger partial charge in [0, 0.05) is 32.5 Å². The summed E-state index contributed by atoms with van der Waals surface area (Å²) in [4.78, 5) is 25.0. The van der Waals surface area contributed by atoms with E-state index in [2.05, 4.69) is 10.6 Å². The Kier molecular flexibility index (Phi) is 4.58. The second kappa shape index (κ2) is 6.18. The van der Waals surface area contributed by atoms with Crippen LogP contribution in [0.25, 0.3) is 0 Å². The van der Waals surface area contributed by atoms with E-state index in [0.29, 0.717) is 25.3 Å². The maximum atomic E-state index is 11.9. The van der Waals surface area contributed by atoms with E-state index in [4.69, 9.17) is 0 Å². The van der Waals surface area contributed by atoms with Crippen molar-refractivity contribution in [3.8, 4) is 0 Å². The van der Waals surface area contributed by atoms with Gasteiger partial charge >= 0.3 is 0 Å². The van der Waals surface area contributed by atoms with E-state index < -0.39 is 0 Å². The molecule has 2 rings (SSSR count). The molecule has 2 unspecified atom stereocenters. The van der Waals surface area contributed by atoms with Crippen molar-refractivity contribution < 1.29 is 9.59 Å². The molecule has 5 heteroatoms. The Bertz CT molecular complexity index is 313. The monoisotopic (exact) mass is 253 g/mol. The fourth-order valence-electron chi connectivity index (χ4n) is 2.78. The van der Waals surface area contributed by atoms with E-state index in [1.54, 1.807) is 11.9 Å². The maximum absolute atomic E-state index is 11.9. The molecule has 2 N–H and O–H groups in total. The molecule has 2 aliphatic rings. The minimum Gasteiger partial charge on any atom is -0.352 e. The van der Waals surface area contributed by atoms with E-state index in [1.165, 1.54) is 6.42 Å². The van der Waals surface area contributed by atoms with Gasteiger partial charge in [0.2, 0.25) is 11.8 Å². The van der Waals surface area contributed by atoms with Crippen LogP contribution in [-0.2, 0) is 9.59 Å². The number of rotatable bonds is 3. The van der Waals surface area contributed by atoms with Gasteiger partial charge in [-0.25, -0.2) is 0 Å². The number of carbonyl (C=O) groups excluding carboxylic acids is 2. The van der Waals surface area contributed by atoms with Gasteiger partial charge in [-0.05, 0) is 38.3 Å². The van der Waals surface area contributed by atoms with Crippen molar-refractivity contribution in [2.24, 2.45) is 5.92 Å². The van der Waals surface area contributed by atoms with E-state index >= 15 is 0 Å². The zero-order chi connectivity index (χ0) is 13.0. The highest BCUT2D eigenvalue weighted by Crippen LogP contribution is 2.15. The van der Waals surface area contributed by atoms with Gasteiger partial charge in [-0.1, -0.05) is 0 Å². The number of nitrogens with zero attached hydrogens (tertiary/aromatic N) is 1. The third-order valence-electron chi connectivity index (χ3n) is 3.86. The molecule has 0 radical (unpaired) electrons. The fraction of sp³-hybridized carbons (Fsp3) is 0.846. The molecule has 0 spiro atoms. The molecule has 2 heterocycles. The van der Waals surface area contributed by atoms with Crippen LogP contribution in [0.1, 0.15) is 32.1 Å². The van der Waals surface area contributed by atoms with Crippen LogP contribution in [0.15, 0.2) is 0 Å². The van der Waals surface area contributed by atoms with Crippen molar-refractivity contribution in [1.29, 1.82) is 0 Å². The molecule has 2 atom stereocenters. The maximum Gasteiger partial charge on any atom is 0.222 e. The van der Waals surface area contributed by atoms with Gasteiger partial charge in [-0.2, -0.15) is 0 Å². The Balaban J connectivity index is 1.72. The normalized spacial score (nSPS) is 29.2. The minimum absolute atomic E-state index is 0.136. The average molecular weight is 253 g/mol. The molecule has 0 aromatic rings. The topological polar surface area (TPSA) is 61.4 Å². The van der Waals surface area contributed by atoms with Crippen LogP contribution >= 0.6 is 0 Å². The summed E-state index contributed by atoms with van der Waals surface area (Å²) in [5, 5.41) is 6.38. The van der Waals surface area contributed by atoms with Crippen molar-refractivity contribution in [1.82, 2.24) is 15.5 Å². The summed E-state index contributed by atoms with van der Waals surface area (Å²) >= 11 is 0. The molecule has 0 aromatic carbocycles. The minimum atomic E-state index is 0.136. The van der Waals surface area contributed by atoms with Crippen molar-refractivity contribution in [3.05, 3.63) is 0 Å². The third kappa shape index (κ3) is 3.70. The lowest BCUT2D eigenvalue weighted by Crippen LogP contribution is -2.49. The molecule has 2 fully saturated rings. The zero-order valence-corrected chi connectivity index (χ0v) is 11.1. The van der Waals surface area contributed by atoms with Crippen LogP contribution < -0.4 is 10.6 Å². The molecule has 5 nitrogen and oxygen atoms in total. The highest BCUT2D eigenvalue weighted by Gasteiger charge is 2.25. The first-order valence-corrected chi connectivity index (χ1v) is 6.89. The molecule has 0 aliphatic carbocycles. The van der Waals surface area contributed by atoms with Gasteiger partial charge < -0.3 is 15.5 Å². The van der Waals surface area contributed by atoms with Crippen LogP contribution in [0.2, 0.25) is 0 Å². The van der Waals surface area contributed by atoms with E-state index in [9.17, 15) is 9.59 Å². The van der Waals surface area contributed by atoms with Gasteiger partial charge in [0.25, 0.3) is 0 Å². The number of carbonyl (C=O) groups is 2. The fourth-order valence-corrected chi connectivity index (χ4v) is 2.78. The number of piperidine rings is 2. The standard InChI is InChI=1S/C13H23N3O2/c1-16-9-11(4-5-13(16)18)15-12(17)7-10-3-2-6-14-8-10/h10-11,14H,2-9H2,1H3,(H,15,17). The average Bonchev–Trinajstić information content (AvgIpc) is 2.35. The molecular weight excluding hydrogens is 230 g/mol. The van der Waals surface area contributed by atoms with Crippen LogP contribution in [0.4, 0.5) is 0 Å². The number of nitrogens with one attached hydrogen (secondary N) is 2. The van der Waals surface area contributed by atoms with E-state index in [0.717, 1.165) is 25.9 Å². The SMILES string of the molecule is CN1CC(NC(=O)CC2CCCNC2)CCC1=O. The second-order valence-electron chi connectivity index (χ2n) is 5.49. The third-order valence-corrected chi connectivity index (χ3v) is 3.86. The highest BCUT2D eigenvalue weighted by molar-refractivity contribution is 5.79. The van der Waals surface area contributed by atoms with Crippen molar-refractivity contribution in [3.63, 3.8) is 0 Å². The summed E-state index contributed by atoms with van der Waals surface area (Å²) in [6.07, 6.45) is 4.24. The molecule has 0 saturated carbocycles. The number of likely N-dealkylation sites (tertiary alicyclic amines) is 1. The Labute approximate surface area is 108 Å². The lowest BCUT2D eigenvalue weighted by Gasteiger charge is -2.31. The molecular formula is C13H23N3O2. The van der Waals surface area contributed by atoms with Gasteiger partial charge in [-0.3, -0.25) is 9.59 Å². The van der Waals surface area contributed by atoms with Crippen molar-refractivity contribution >= 4 is 11.8 Å². The molecule has 102 valence electrons. The molecule has 0 aromatic heterocycles. The predicted molar refractivity (Wildman–Crippen MR) is 69.0 cm³/mol. The summed E-state index contributed by atoms with van der Waals surface area (Å²) < 4.78 is 0. The molecule has 2 aliphatic heterocycles. The Morgan fingerprint density at radius 2 is 2.33 bits per heavy atom. The molecule has 0 bridgehead atoms. The Morgan fingerprint density at radius 1 is 1.50 bits per heavy atom. The van der Waals surface area contributed by atoms with Crippen LogP contribution in [0.5, 0.6) is 0 Å².